The van der Waals surface area contributed by atoms with Crippen LogP contribution in [0.15, 0.2) is 52.9 Å². The van der Waals surface area contributed by atoms with Crippen LogP contribution in [0.3, 0.4) is 0 Å². The lowest BCUT2D eigenvalue weighted by atomic mass is 10.1. The van der Waals surface area contributed by atoms with Gasteiger partial charge in [-0.2, -0.15) is 0 Å². The highest BCUT2D eigenvalue weighted by Crippen LogP contribution is 2.23. The minimum Gasteiger partial charge on any atom is -0.391 e. The van der Waals surface area contributed by atoms with Crippen LogP contribution >= 0.6 is 12.6 Å². The third kappa shape index (κ3) is 4.42. The van der Waals surface area contributed by atoms with E-state index >= 15 is 0 Å². The number of nitrogens with zero attached hydrogens (tertiary/aromatic N) is 2. The Labute approximate surface area is 156 Å². The Morgan fingerprint density at radius 1 is 1.23 bits per heavy atom. The predicted octanol–water partition coefficient (Wildman–Crippen LogP) is 3.71. The number of β-amino-alcohol motifs (C(OH)–C–C–N with tert-alkyl or cyclic N) is 1. The first-order valence-electron chi connectivity index (χ1n) is 8.19. The molecule has 1 saturated heterocycles. The Balaban J connectivity index is 1.66. The summed E-state index contributed by atoms with van der Waals surface area (Å²) < 4.78 is 26.5. The van der Waals surface area contributed by atoms with Gasteiger partial charge in [-0.1, -0.05) is 12.1 Å². The van der Waals surface area contributed by atoms with Crippen molar-refractivity contribution in [3.63, 3.8) is 0 Å². The number of aliphatic imine (C=N–C) groups is 1. The molecule has 0 radical (unpaired) electrons. The average Bonchev–Trinajstić information content (AvgIpc) is 3.07. The lowest BCUT2D eigenvalue weighted by Crippen LogP contribution is -2.21. The molecule has 2 N–H and O–H groups in total. The minimum atomic E-state index is -0.725. The molecular formula is C19H19F2N3OS. The summed E-state index contributed by atoms with van der Waals surface area (Å²) in [6, 6.07) is 11.0. The molecule has 0 aliphatic carbocycles. The van der Waals surface area contributed by atoms with Crippen molar-refractivity contribution in [1.82, 2.24) is 5.32 Å². The van der Waals surface area contributed by atoms with Gasteiger partial charge in [-0.3, -0.25) is 0 Å². The highest BCUT2D eigenvalue weighted by atomic mass is 32.1. The third-order valence-corrected chi connectivity index (χ3v) is 4.43. The van der Waals surface area contributed by atoms with Crippen molar-refractivity contribution in [2.24, 2.45) is 4.99 Å². The molecule has 136 valence electrons. The first-order valence-corrected chi connectivity index (χ1v) is 8.70. The monoisotopic (exact) mass is 375 g/mol. The summed E-state index contributed by atoms with van der Waals surface area (Å²) in [5.74, 6) is -1.37. The lowest BCUT2D eigenvalue weighted by molar-refractivity contribution is 0.198. The number of aliphatic hydroxyl groups excluding tert-OH is 1. The summed E-state index contributed by atoms with van der Waals surface area (Å²) in [7, 11) is 0. The molecule has 4 nitrogen and oxygen atoms in total. The zero-order valence-electron chi connectivity index (χ0n) is 13.9. The summed E-state index contributed by atoms with van der Waals surface area (Å²) in [5, 5.41) is 14.2. The van der Waals surface area contributed by atoms with E-state index in [9.17, 15) is 13.9 Å². The Bertz CT molecular complexity index is 824. The number of halogens is 2. The van der Waals surface area contributed by atoms with E-state index < -0.39 is 11.6 Å². The maximum absolute atomic E-state index is 13.6. The van der Waals surface area contributed by atoms with Gasteiger partial charge in [0.15, 0.2) is 5.82 Å². The van der Waals surface area contributed by atoms with Gasteiger partial charge in [0, 0.05) is 24.8 Å². The van der Waals surface area contributed by atoms with Gasteiger partial charge in [0.1, 0.15) is 11.5 Å². The highest BCUT2D eigenvalue weighted by molar-refractivity contribution is 7.83. The van der Waals surface area contributed by atoms with E-state index in [0.29, 0.717) is 12.2 Å². The van der Waals surface area contributed by atoms with Crippen molar-refractivity contribution in [2.45, 2.75) is 12.5 Å². The number of nitrogens with one attached hydrogen (secondary N) is 1. The zero-order valence-corrected chi connectivity index (χ0v) is 14.8. The molecule has 0 amide bonds. The maximum atomic E-state index is 13.6. The fourth-order valence-corrected chi connectivity index (χ4v) is 3.00. The van der Waals surface area contributed by atoms with Crippen LogP contribution in [0.1, 0.15) is 12.0 Å². The van der Waals surface area contributed by atoms with Crippen molar-refractivity contribution >= 4 is 36.0 Å². The molecule has 1 unspecified atom stereocenters. The molecule has 1 fully saturated rings. The van der Waals surface area contributed by atoms with Crippen LogP contribution in [0.4, 0.5) is 20.2 Å². The van der Waals surface area contributed by atoms with Crippen LogP contribution in [0.2, 0.25) is 0 Å². The van der Waals surface area contributed by atoms with E-state index in [0.717, 1.165) is 36.3 Å². The Hall–Kier alpha value is -2.38. The van der Waals surface area contributed by atoms with Crippen molar-refractivity contribution < 1.29 is 13.9 Å². The smallest absolute Gasteiger partial charge is 0.151 e. The van der Waals surface area contributed by atoms with E-state index in [-0.39, 0.29) is 11.8 Å². The Kier molecular flexibility index (Phi) is 5.90. The van der Waals surface area contributed by atoms with E-state index in [4.69, 9.17) is 0 Å². The number of rotatable bonds is 5. The molecule has 0 spiro atoms. The first kappa shape index (κ1) is 18.4. The molecule has 0 aromatic heterocycles. The second-order valence-corrected chi connectivity index (χ2v) is 6.23. The largest absolute Gasteiger partial charge is 0.391 e. The van der Waals surface area contributed by atoms with Crippen LogP contribution in [0.25, 0.3) is 5.70 Å². The van der Waals surface area contributed by atoms with Gasteiger partial charge in [-0.25, -0.2) is 13.8 Å². The SMILES string of the molecule is OC1CCN(c2ccc(/C(=C/S)NC=Nc3ccc(F)cc3F)cc2)C1. The van der Waals surface area contributed by atoms with Gasteiger partial charge in [0.05, 0.1) is 18.1 Å². The second kappa shape index (κ2) is 8.33. The fraction of sp³-hybridized carbons (Fsp3) is 0.211. The van der Waals surface area contributed by atoms with Crippen molar-refractivity contribution in [2.75, 3.05) is 18.0 Å². The van der Waals surface area contributed by atoms with Crippen LogP contribution in [0.5, 0.6) is 0 Å². The number of thiol groups is 1. The average molecular weight is 375 g/mol. The summed E-state index contributed by atoms with van der Waals surface area (Å²) in [6.07, 6.45) is 1.84. The zero-order chi connectivity index (χ0) is 18.5. The quantitative estimate of drug-likeness (QED) is 0.424. The van der Waals surface area contributed by atoms with Crippen molar-refractivity contribution in [1.29, 1.82) is 0 Å². The van der Waals surface area contributed by atoms with Gasteiger partial charge in [0.2, 0.25) is 0 Å². The summed E-state index contributed by atoms with van der Waals surface area (Å²) in [5.41, 5.74) is 2.66. The summed E-state index contributed by atoms with van der Waals surface area (Å²) in [6.45, 7) is 1.48. The highest BCUT2D eigenvalue weighted by Gasteiger charge is 2.20. The van der Waals surface area contributed by atoms with E-state index in [1.807, 2.05) is 24.3 Å². The minimum absolute atomic E-state index is 0.0420. The standard InChI is InChI=1S/C19H19F2N3OS/c20-14-3-6-18(17(21)9-14)22-12-23-19(11-26)13-1-4-15(5-2-13)24-8-7-16(25)10-24/h1-6,9,11-12,16,25-26H,7-8,10H2,(H,22,23)/b19-11-. The van der Waals surface area contributed by atoms with Gasteiger partial charge in [-0.05, 0) is 41.7 Å². The van der Waals surface area contributed by atoms with Crippen LogP contribution < -0.4 is 10.2 Å². The number of benzene rings is 2. The van der Waals surface area contributed by atoms with Crippen LogP contribution in [-0.2, 0) is 0 Å². The molecule has 1 aliphatic heterocycles. The van der Waals surface area contributed by atoms with E-state index in [1.54, 1.807) is 5.41 Å². The van der Waals surface area contributed by atoms with E-state index in [1.165, 1.54) is 12.4 Å². The Morgan fingerprint density at radius 2 is 2.00 bits per heavy atom. The van der Waals surface area contributed by atoms with Gasteiger partial charge in [-0.15, -0.1) is 12.6 Å². The normalized spacial score (nSPS) is 17.9. The number of aliphatic hydroxyl groups is 1. The lowest BCUT2D eigenvalue weighted by Gasteiger charge is -2.18. The van der Waals surface area contributed by atoms with Gasteiger partial charge >= 0.3 is 0 Å². The molecule has 3 rings (SSSR count). The predicted molar refractivity (Wildman–Crippen MR) is 104 cm³/mol. The van der Waals surface area contributed by atoms with Gasteiger partial charge < -0.3 is 15.3 Å². The molecule has 0 saturated carbocycles. The molecule has 1 aliphatic rings. The first-order chi connectivity index (χ1) is 12.6. The number of hydrogen-bond acceptors (Lipinski definition) is 4. The molecule has 1 atom stereocenters. The number of hydrogen-bond donors (Lipinski definition) is 3. The number of anilines is 1. The van der Waals surface area contributed by atoms with Crippen LogP contribution in [0, 0.1) is 11.6 Å². The van der Waals surface area contributed by atoms with E-state index in [2.05, 4.69) is 27.8 Å². The third-order valence-electron chi connectivity index (χ3n) is 4.17. The topological polar surface area (TPSA) is 47.9 Å². The molecule has 7 heteroatoms. The van der Waals surface area contributed by atoms with Crippen molar-refractivity contribution in [3.8, 4) is 0 Å². The molecule has 1 heterocycles. The molecule has 26 heavy (non-hydrogen) atoms. The molecule has 0 bridgehead atoms. The summed E-state index contributed by atoms with van der Waals surface area (Å²) >= 11 is 4.19. The molecule has 2 aromatic carbocycles. The fourth-order valence-electron chi connectivity index (χ4n) is 2.78. The Morgan fingerprint density at radius 3 is 2.62 bits per heavy atom. The summed E-state index contributed by atoms with van der Waals surface area (Å²) in [4.78, 5) is 6.09. The molecular weight excluding hydrogens is 356 g/mol. The maximum Gasteiger partial charge on any atom is 0.151 e. The van der Waals surface area contributed by atoms with Gasteiger partial charge in [0.25, 0.3) is 0 Å². The van der Waals surface area contributed by atoms with Crippen LogP contribution in [-0.4, -0.2) is 30.6 Å². The second-order valence-electron chi connectivity index (χ2n) is 5.98. The molecule has 2 aromatic rings. The van der Waals surface area contributed by atoms with Crippen molar-refractivity contribution in [3.05, 3.63) is 65.1 Å².